The van der Waals surface area contributed by atoms with E-state index in [1.807, 2.05) is 43.3 Å². The minimum absolute atomic E-state index is 0.0180. The summed E-state index contributed by atoms with van der Waals surface area (Å²) in [6, 6.07) is 17.7. The predicted octanol–water partition coefficient (Wildman–Crippen LogP) is 4.17. The Balaban J connectivity index is 1.95. The average molecular weight is 250 g/mol. The molecule has 3 rings (SSSR count). The molecule has 0 unspecified atom stereocenters. The molecule has 0 fully saturated rings. The number of rotatable bonds is 3. The van der Waals surface area contributed by atoms with Crippen molar-refractivity contribution in [3.05, 3.63) is 71.7 Å². The highest BCUT2D eigenvalue weighted by Gasteiger charge is 2.12. The van der Waals surface area contributed by atoms with Crippen molar-refractivity contribution >= 4 is 16.6 Å². The third kappa shape index (κ3) is 2.29. The summed E-state index contributed by atoms with van der Waals surface area (Å²) in [4.78, 5) is 12.2. The molecular formula is C17H14O2. The summed E-state index contributed by atoms with van der Waals surface area (Å²) in [6.07, 6.45) is 0.369. The van der Waals surface area contributed by atoms with Crippen LogP contribution in [0, 0.1) is 6.92 Å². The highest BCUT2D eigenvalue weighted by Crippen LogP contribution is 2.20. The minimum Gasteiger partial charge on any atom is -0.458 e. The second-order valence-corrected chi connectivity index (χ2v) is 4.65. The first-order chi connectivity index (χ1) is 9.24. The number of aryl methyl sites for hydroxylation is 1. The minimum atomic E-state index is 0.0180. The van der Waals surface area contributed by atoms with Crippen LogP contribution in [0.2, 0.25) is 0 Å². The largest absolute Gasteiger partial charge is 0.458 e. The standard InChI is InChI=1S/C17H14O2/c1-12-9-10-17(19-12)16(18)11-14-7-4-6-13-5-2-3-8-15(13)14/h2-10H,11H2,1H3. The van der Waals surface area contributed by atoms with Gasteiger partial charge in [-0.1, -0.05) is 42.5 Å². The van der Waals surface area contributed by atoms with E-state index < -0.39 is 0 Å². The molecule has 0 saturated heterocycles. The summed E-state index contributed by atoms with van der Waals surface area (Å²) in [5, 5.41) is 2.28. The lowest BCUT2D eigenvalue weighted by Gasteiger charge is -2.04. The number of furan rings is 1. The first kappa shape index (κ1) is 11.7. The van der Waals surface area contributed by atoms with Gasteiger partial charge in [0.25, 0.3) is 0 Å². The fourth-order valence-electron chi connectivity index (χ4n) is 2.29. The Morgan fingerprint density at radius 1 is 1.00 bits per heavy atom. The van der Waals surface area contributed by atoms with Gasteiger partial charge in [0.05, 0.1) is 0 Å². The third-order valence-corrected chi connectivity index (χ3v) is 3.25. The lowest BCUT2D eigenvalue weighted by Crippen LogP contribution is -2.02. The van der Waals surface area contributed by atoms with Crippen molar-refractivity contribution in [3.8, 4) is 0 Å². The van der Waals surface area contributed by atoms with Crippen LogP contribution in [0.25, 0.3) is 10.8 Å². The topological polar surface area (TPSA) is 30.2 Å². The molecule has 2 nitrogen and oxygen atoms in total. The van der Waals surface area contributed by atoms with Crippen LogP contribution in [-0.2, 0) is 6.42 Å². The number of hydrogen-bond donors (Lipinski definition) is 0. The van der Waals surface area contributed by atoms with E-state index in [4.69, 9.17) is 4.42 Å². The summed E-state index contributed by atoms with van der Waals surface area (Å²) < 4.78 is 5.38. The number of benzene rings is 2. The Hall–Kier alpha value is -2.35. The lowest BCUT2D eigenvalue weighted by atomic mass is 10.00. The Kier molecular flexibility index (Phi) is 2.92. The van der Waals surface area contributed by atoms with Crippen molar-refractivity contribution in [2.24, 2.45) is 0 Å². The van der Waals surface area contributed by atoms with Gasteiger partial charge < -0.3 is 4.42 Å². The molecule has 0 aliphatic carbocycles. The molecule has 19 heavy (non-hydrogen) atoms. The maximum Gasteiger partial charge on any atom is 0.202 e. The number of Topliss-reactive ketones (excluding diaryl/α,β-unsaturated/α-hetero) is 1. The van der Waals surface area contributed by atoms with Gasteiger partial charge in [-0.05, 0) is 35.4 Å². The first-order valence-electron chi connectivity index (χ1n) is 6.30. The van der Waals surface area contributed by atoms with Crippen LogP contribution in [0.5, 0.6) is 0 Å². The second-order valence-electron chi connectivity index (χ2n) is 4.65. The molecule has 3 aromatic rings. The molecule has 0 amide bonds. The molecule has 2 aromatic carbocycles. The third-order valence-electron chi connectivity index (χ3n) is 3.25. The molecule has 0 bridgehead atoms. The second kappa shape index (κ2) is 4.73. The summed E-state index contributed by atoms with van der Waals surface area (Å²) >= 11 is 0. The van der Waals surface area contributed by atoms with Gasteiger partial charge >= 0.3 is 0 Å². The highest BCUT2D eigenvalue weighted by atomic mass is 16.3. The summed E-state index contributed by atoms with van der Waals surface area (Å²) in [5.74, 6) is 1.22. The molecule has 0 spiro atoms. The van der Waals surface area contributed by atoms with E-state index in [9.17, 15) is 4.79 Å². The van der Waals surface area contributed by atoms with Crippen LogP contribution in [0.1, 0.15) is 21.9 Å². The van der Waals surface area contributed by atoms with Crippen molar-refractivity contribution < 1.29 is 9.21 Å². The van der Waals surface area contributed by atoms with Crippen LogP contribution in [0.4, 0.5) is 0 Å². The Morgan fingerprint density at radius 2 is 1.79 bits per heavy atom. The SMILES string of the molecule is Cc1ccc(C(=O)Cc2cccc3ccccc23)o1. The lowest BCUT2D eigenvalue weighted by molar-refractivity contribution is 0.0965. The van der Waals surface area contributed by atoms with Crippen LogP contribution in [0.3, 0.4) is 0 Å². The molecule has 2 heteroatoms. The van der Waals surface area contributed by atoms with Crippen LogP contribution in [0.15, 0.2) is 59.0 Å². The number of carbonyl (C=O) groups is 1. The Morgan fingerprint density at radius 3 is 2.58 bits per heavy atom. The predicted molar refractivity (Wildman–Crippen MR) is 75.4 cm³/mol. The molecule has 0 aliphatic rings. The molecule has 1 aromatic heterocycles. The van der Waals surface area contributed by atoms with Gasteiger partial charge in [-0.3, -0.25) is 4.79 Å². The molecule has 94 valence electrons. The van der Waals surface area contributed by atoms with Gasteiger partial charge in [-0.15, -0.1) is 0 Å². The number of ketones is 1. The maximum atomic E-state index is 12.2. The number of hydrogen-bond acceptors (Lipinski definition) is 2. The molecule has 0 radical (unpaired) electrons. The maximum absolute atomic E-state index is 12.2. The van der Waals surface area contributed by atoms with E-state index in [-0.39, 0.29) is 5.78 Å². The van der Waals surface area contributed by atoms with E-state index in [1.165, 1.54) is 0 Å². The van der Waals surface area contributed by atoms with E-state index in [0.29, 0.717) is 12.2 Å². The van der Waals surface area contributed by atoms with Crippen molar-refractivity contribution in [3.63, 3.8) is 0 Å². The number of carbonyl (C=O) groups excluding carboxylic acids is 1. The summed E-state index contributed by atoms with van der Waals surface area (Å²) in [7, 11) is 0. The van der Waals surface area contributed by atoms with Crippen LogP contribution < -0.4 is 0 Å². The van der Waals surface area contributed by atoms with Crippen molar-refractivity contribution in [2.75, 3.05) is 0 Å². The smallest absolute Gasteiger partial charge is 0.202 e. The fourth-order valence-corrected chi connectivity index (χ4v) is 2.29. The molecule has 0 N–H and O–H groups in total. The summed E-state index contributed by atoms with van der Waals surface area (Å²) in [6.45, 7) is 1.84. The average Bonchev–Trinajstić information content (AvgIpc) is 2.86. The zero-order valence-electron chi connectivity index (χ0n) is 10.7. The van der Waals surface area contributed by atoms with Gasteiger partial charge in [0.15, 0.2) is 5.76 Å². The van der Waals surface area contributed by atoms with Gasteiger partial charge in [0.2, 0.25) is 5.78 Å². The quantitative estimate of drug-likeness (QED) is 0.653. The molecule has 0 atom stereocenters. The summed E-state index contributed by atoms with van der Waals surface area (Å²) in [5.41, 5.74) is 1.04. The molecular weight excluding hydrogens is 236 g/mol. The fraction of sp³-hybridized carbons (Fsp3) is 0.118. The van der Waals surface area contributed by atoms with Crippen molar-refractivity contribution in [1.82, 2.24) is 0 Å². The van der Waals surface area contributed by atoms with Crippen LogP contribution >= 0.6 is 0 Å². The monoisotopic (exact) mass is 250 g/mol. The Labute approximate surface area is 111 Å². The van der Waals surface area contributed by atoms with Crippen molar-refractivity contribution in [1.29, 1.82) is 0 Å². The zero-order valence-corrected chi connectivity index (χ0v) is 10.7. The van der Waals surface area contributed by atoms with Crippen molar-refractivity contribution in [2.45, 2.75) is 13.3 Å². The number of fused-ring (bicyclic) bond motifs is 1. The normalized spacial score (nSPS) is 10.8. The van der Waals surface area contributed by atoms with Gasteiger partial charge in [-0.25, -0.2) is 0 Å². The zero-order chi connectivity index (χ0) is 13.2. The molecule has 0 aliphatic heterocycles. The molecule has 1 heterocycles. The highest BCUT2D eigenvalue weighted by molar-refractivity contribution is 5.98. The van der Waals surface area contributed by atoms with Gasteiger partial charge in [0.1, 0.15) is 5.76 Å². The van der Waals surface area contributed by atoms with E-state index >= 15 is 0 Å². The van der Waals surface area contributed by atoms with Gasteiger partial charge in [-0.2, -0.15) is 0 Å². The van der Waals surface area contributed by atoms with E-state index in [1.54, 1.807) is 6.07 Å². The van der Waals surface area contributed by atoms with E-state index in [2.05, 4.69) is 12.1 Å². The first-order valence-corrected chi connectivity index (χ1v) is 6.30. The Bertz CT molecular complexity index is 732. The van der Waals surface area contributed by atoms with Crippen LogP contribution in [-0.4, -0.2) is 5.78 Å². The van der Waals surface area contributed by atoms with E-state index in [0.717, 1.165) is 22.1 Å². The van der Waals surface area contributed by atoms with Gasteiger partial charge in [0, 0.05) is 6.42 Å². The molecule has 0 saturated carbocycles.